The van der Waals surface area contributed by atoms with Gasteiger partial charge in [0.25, 0.3) is 0 Å². The third kappa shape index (κ3) is 5.61. The monoisotopic (exact) mass is 266 g/mol. The molecular formula is C15H26N2O2. The fourth-order valence-corrected chi connectivity index (χ4v) is 2.58. The summed E-state index contributed by atoms with van der Waals surface area (Å²) in [5, 5.41) is 8.95. The van der Waals surface area contributed by atoms with Gasteiger partial charge < -0.3 is 9.64 Å². The summed E-state index contributed by atoms with van der Waals surface area (Å²) in [6.07, 6.45) is 5.13. The van der Waals surface area contributed by atoms with Crippen LogP contribution in [0.25, 0.3) is 0 Å². The van der Waals surface area contributed by atoms with E-state index in [-0.39, 0.29) is 17.3 Å². The van der Waals surface area contributed by atoms with Crippen molar-refractivity contribution in [2.24, 2.45) is 11.3 Å². The van der Waals surface area contributed by atoms with E-state index in [2.05, 4.69) is 11.0 Å². The van der Waals surface area contributed by atoms with Crippen LogP contribution in [0.15, 0.2) is 0 Å². The van der Waals surface area contributed by atoms with Gasteiger partial charge in [0, 0.05) is 6.54 Å². The maximum atomic E-state index is 11.5. The third-order valence-electron chi connectivity index (χ3n) is 3.87. The van der Waals surface area contributed by atoms with Crippen molar-refractivity contribution in [2.75, 3.05) is 26.7 Å². The van der Waals surface area contributed by atoms with Crippen LogP contribution in [0.1, 0.15) is 46.0 Å². The zero-order valence-electron chi connectivity index (χ0n) is 12.4. The number of rotatable bonds is 6. The van der Waals surface area contributed by atoms with E-state index in [4.69, 9.17) is 10.00 Å². The van der Waals surface area contributed by atoms with Gasteiger partial charge in [0.2, 0.25) is 0 Å². The fraction of sp³-hybridized carbons (Fsp3) is 0.867. The highest BCUT2D eigenvalue weighted by molar-refractivity contribution is 5.72. The minimum absolute atomic E-state index is 0.0503. The van der Waals surface area contributed by atoms with Crippen molar-refractivity contribution in [3.63, 3.8) is 0 Å². The van der Waals surface area contributed by atoms with Gasteiger partial charge in [0.15, 0.2) is 0 Å². The van der Waals surface area contributed by atoms with E-state index in [0.29, 0.717) is 0 Å². The van der Waals surface area contributed by atoms with E-state index in [1.807, 2.05) is 13.8 Å². The van der Waals surface area contributed by atoms with Crippen LogP contribution in [0.3, 0.4) is 0 Å². The second kappa shape index (κ2) is 7.49. The molecule has 1 aliphatic rings. The molecule has 1 fully saturated rings. The molecule has 0 amide bonds. The maximum Gasteiger partial charge on any atom is 0.309 e. The molecule has 108 valence electrons. The Hall–Kier alpha value is -1.08. The maximum absolute atomic E-state index is 11.5. The molecule has 0 aromatic heterocycles. The van der Waals surface area contributed by atoms with Crippen molar-refractivity contribution in [1.82, 2.24) is 4.90 Å². The molecule has 1 rings (SSSR count). The molecule has 4 nitrogen and oxygen atoms in total. The van der Waals surface area contributed by atoms with Crippen LogP contribution in [0, 0.1) is 22.7 Å². The molecular weight excluding hydrogens is 240 g/mol. The molecule has 0 spiro atoms. The number of ether oxygens (including phenoxy) is 1. The molecule has 1 heterocycles. The Kier molecular flexibility index (Phi) is 6.30. The van der Waals surface area contributed by atoms with Crippen molar-refractivity contribution in [2.45, 2.75) is 46.0 Å². The van der Waals surface area contributed by atoms with Gasteiger partial charge in [0.05, 0.1) is 24.5 Å². The molecule has 0 aliphatic carbocycles. The number of carbonyl (C=O) groups excluding carboxylic acids is 1. The van der Waals surface area contributed by atoms with Gasteiger partial charge in [-0.25, -0.2) is 0 Å². The predicted molar refractivity (Wildman–Crippen MR) is 74.4 cm³/mol. The second-order valence-corrected chi connectivity index (χ2v) is 6.12. The average molecular weight is 266 g/mol. The van der Waals surface area contributed by atoms with Gasteiger partial charge in [0.1, 0.15) is 0 Å². The van der Waals surface area contributed by atoms with Gasteiger partial charge in [-0.05, 0) is 52.6 Å². The molecule has 1 atom stereocenters. The number of nitrogens with zero attached hydrogens (tertiary/aromatic N) is 2. The van der Waals surface area contributed by atoms with Crippen LogP contribution >= 0.6 is 0 Å². The zero-order valence-corrected chi connectivity index (χ0v) is 12.4. The Morgan fingerprint density at radius 2 is 2.21 bits per heavy atom. The van der Waals surface area contributed by atoms with E-state index < -0.39 is 0 Å². The lowest BCUT2D eigenvalue weighted by molar-refractivity contribution is -0.147. The number of likely N-dealkylation sites (tertiary alicyclic amines) is 1. The number of carbonyl (C=O) groups is 1. The smallest absolute Gasteiger partial charge is 0.309 e. The highest BCUT2D eigenvalue weighted by Gasteiger charge is 2.26. The predicted octanol–water partition coefficient (Wildman–Crippen LogP) is 2.59. The highest BCUT2D eigenvalue weighted by Crippen LogP contribution is 2.23. The van der Waals surface area contributed by atoms with Crippen molar-refractivity contribution >= 4 is 5.97 Å². The molecule has 0 bridgehead atoms. The van der Waals surface area contributed by atoms with Gasteiger partial charge in [-0.2, -0.15) is 5.26 Å². The summed E-state index contributed by atoms with van der Waals surface area (Å²) < 4.78 is 4.82. The van der Waals surface area contributed by atoms with E-state index in [9.17, 15) is 4.79 Å². The lowest BCUT2D eigenvalue weighted by Gasteiger charge is -2.31. The van der Waals surface area contributed by atoms with Crippen molar-refractivity contribution in [3.05, 3.63) is 0 Å². The minimum Gasteiger partial charge on any atom is -0.469 e. The zero-order chi connectivity index (χ0) is 14.3. The van der Waals surface area contributed by atoms with Crippen LogP contribution in [0.4, 0.5) is 0 Å². The summed E-state index contributed by atoms with van der Waals surface area (Å²) in [6, 6.07) is 2.33. The number of esters is 1. The number of unbranched alkanes of at least 4 members (excludes halogenated alkanes) is 1. The first-order valence-corrected chi connectivity index (χ1v) is 7.20. The van der Waals surface area contributed by atoms with Crippen molar-refractivity contribution in [3.8, 4) is 6.07 Å². The van der Waals surface area contributed by atoms with E-state index in [0.717, 1.165) is 51.7 Å². The van der Waals surface area contributed by atoms with Crippen LogP contribution < -0.4 is 0 Å². The SMILES string of the molecule is COC(=O)[C@H]1CCCN(CCCCC(C)(C)C#N)C1. The number of hydrogen-bond donors (Lipinski definition) is 0. The third-order valence-corrected chi connectivity index (χ3v) is 3.87. The largest absolute Gasteiger partial charge is 0.469 e. The van der Waals surface area contributed by atoms with E-state index >= 15 is 0 Å². The molecule has 0 aromatic carbocycles. The summed E-state index contributed by atoms with van der Waals surface area (Å²) >= 11 is 0. The highest BCUT2D eigenvalue weighted by atomic mass is 16.5. The normalized spacial score (nSPS) is 20.8. The van der Waals surface area contributed by atoms with Crippen LogP contribution in [-0.4, -0.2) is 37.6 Å². The number of hydrogen-bond acceptors (Lipinski definition) is 4. The van der Waals surface area contributed by atoms with Crippen molar-refractivity contribution in [1.29, 1.82) is 5.26 Å². The lowest BCUT2D eigenvalue weighted by atomic mass is 9.89. The summed E-state index contributed by atoms with van der Waals surface area (Å²) in [7, 11) is 1.46. The molecule has 0 radical (unpaired) electrons. The van der Waals surface area contributed by atoms with E-state index in [1.165, 1.54) is 7.11 Å². The molecule has 1 aliphatic heterocycles. The molecule has 1 saturated heterocycles. The Balaban J connectivity index is 2.23. The topological polar surface area (TPSA) is 53.3 Å². The standard InChI is InChI=1S/C15H26N2O2/c1-15(2,12-16)8-4-5-9-17-10-6-7-13(11-17)14(18)19-3/h13H,4-11H2,1-3H3/t13-/m0/s1. The van der Waals surface area contributed by atoms with Gasteiger partial charge >= 0.3 is 5.97 Å². The molecule has 0 saturated carbocycles. The average Bonchev–Trinajstić information content (AvgIpc) is 2.43. The Morgan fingerprint density at radius 1 is 1.47 bits per heavy atom. The Labute approximate surface area is 116 Å². The Bertz CT molecular complexity index is 334. The van der Waals surface area contributed by atoms with Crippen LogP contribution in [0.5, 0.6) is 0 Å². The molecule has 0 N–H and O–H groups in total. The fourth-order valence-electron chi connectivity index (χ4n) is 2.58. The lowest BCUT2D eigenvalue weighted by Crippen LogP contribution is -2.39. The van der Waals surface area contributed by atoms with E-state index in [1.54, 1.807) is 0 Å². The van der Waals surface area contributed by atoms with Crippen molar-refractivity contribution < 1.29 is 9.53 Å². The quantitative estimate of drug-likeness (QED) is 0.548. The van der Waals surface area contributed by atoms with Gasteiger partial charge in [-0.15, -0.1) is 0 Å². The molecule has 0 aromatic rings. The first-order valence-electron chi connectivity index (χ1n) is 7.20. The number of piperidine rings is 1. The van der Waals surface area contributed by atoms with Crippen LogP contribution in [-0.2, 0) is 9.53 Å². The first kappa shape index (κ1) is 16.0. The van der Waals surface area contributed by atoms with Crippen LogP contribution in [0.2, 0.25) is 0 Å². The molecule has 4 heteroatoms. The summed E-state index contributed by atoms with van der Waals surface area (Å²) in [6.45, 7) is 6.90. The van der Waals surface area contributed by atoms with Gasteiger partial charge in [-0.1, -0.05) is 6.42 Å². The second-order valence-electron chi connectivity index (χ2n) is 6.12. The molecule has 0 unspecified atom stereocenters. The first-order chi connectivity index (χ1) is 8.98. The summed E-state index contributed by atoms with van der Waals surface area (Å²) in [5.74, 6) is -0.0235. The number of methoxy groups -OCH3 is 1. The Morgan fingerprint density at radius 3 is 2.84 bits per heavy atom. The van der Waals surface area contributed by atoms with Gasteiger partial charge in [-0.3, -0.25) is 4.79 Å². The minimum atomic E-state index is -0.212. The summed E-state index contributed by atoms with van der Waals surface area (Å²) in [5.41, 5.74) is -0.212. The molecule has 19 heavy (non-hydrogen) atoms. The summed E-state index contributed by atoms with van der Waals surface area (Å²) in [4.78, 5) is 13.9. The number of nitriles is 1.